The Kier molecular flexibility index (Phi) is 6.96. The smallest absolute Gasteiger partial charge is 0.292 e. The van der Waals surface area contributed by atoms with Crippen LogP contribution in [0.25, 0.3) is 0 Å². The second kappa shape index (κ2) is 9.88. The molecule has 0 saturated carbocycles. The van der Waals surface area contributed by atoms with Gasteiger partial charge in [0.25, 0.3) is 5.91 Å². The zero-order chi connectivity index (χ0) is 22.7. The molecule has 10 heteroatoms. The summed E-state index contributed by atoms with van der Waals surface area (Å²) in [6, 6.07) is 15.4. The molecule has 0 radical (unpaired) electrons. The molecule has 164 valence electrons. The third-order valence-electron chi connectivity index (χ3n) is 4.36. The molecule has 0 aliphatic heterocycles. The number of hydrogen-bond acceptors (Lipinski definition) is 4. The fourth-order valence-electron chi connectivity index (χ4n) is 2.82. The minimum absolute atomic E-state index is 0.106. The van der Waals surface area contributed by atoms with Crippen molar-refractivity contribution in [1.29, 1.82) is 0 Å². The van der Waals surface area contributed by atoms with Gasteiger partial charge in [-0.15, -0.1) is 0 Å². The second-order valence-corrected chi connectivity index (χ2v) is 8.39. The third-order valence-corrected chi connectivity index (χ3v) is 5.63. The van der Waals surface area contributed by atoms with Crippen LogP contribution < -0.4 is 10.1 Å². The first kappa shape index (κ1) is 22.6. The van der Waals surface area contributed by atoms with Gasteiger partial charge >= 0.3 is 0 Å². The minimum Gasteiger partial charge on any atom is -0.486 e. The van der Waals surface area contributed by atoms with Gasteiger partial charge in [-0.3, -0.25) is 9.48 Å². The molecule has 0 spiro atoms. The van der Waals surface area contributed by atoms with Gasteiger partial charge in [0.1, 0.15) is 23.1 Å². The zero-order valence-corrected chi connectivity index (χ0v) is 19.3. The van der Waals surface area contributed by atoms with Crippen LogP contribution in [0.2, 0.25) is 20.1 Å². The molecule has 2 aromatic heterocycles. The van der Waals surface area contributed by atoms with Gasteiger partial charge in [-0.2, -0.15) is 5.10 Å². The molecule has 2 aromatic carbocycles. The normalized spacial score (nSPS) is 10.9. The molecule has 0 aliphatic carbocycles. The molecule has 0 fully saturated rings. The second-order valence-electron chi connectivity index (χ2n) is 6.73. The van der Waals surface area contributed by atoms with Crippen LogP contribution in [0.1, 0.15) is 21.9 Å². The van der Waals surface area contributed by atoms with Gasteiger partial charge in [-0.05, 0) is 54.1 Å². The lowest BCUT2D eigenvalue weighted by atomic mass is 10.2. The molecular weight excluding hydrogens is 496 g/mol. The largest absolute Gasteiger partial charge is 0.486 e. The Morgan fingerprint density at radius 2 is 1.75 bits per heavy atom. The van der Waals surface area contributed by atoms with Crippen LogP contribution in [0.15, 0.2) is 65.2 Å². The van der Waals surface area contributed by atoms with Gasteiger partial charge in [0, 0.05) is 11.2 Å². The predicted octanol–water partition coefficient (Wildman–Crippen LogP) is 6.97. The number of carbonyl (C=O) groups excluding carboxylic acids is 1. The average Bonchev–Trinajstić information content (AvgIpc) is 3.37. The number of amides is 1. The number of furan rings is 1. The van der Waals surface area contributed by atoms with Crippen LogP contribution >= 0.6 is 46.4 Å². The first-order chi connectivity index (χ1) is 15.4. The number of nitrogens with one attached hydrogen (secondary N) is 1. The predicted molar refractivity (Wildman–Crippen MR) is 125 cm³/mol. The topological polar surface area (TPSA) is 69.3 Å². The number of carbonyl (C=O) groups is 1. The van der Waals surface area contributed by atoms with Crippen molar-refractivity contribution in [3.8, 4) is 5.75 Å². The molecule has 2 heterocycles. The maximum absolute atomic E-state index is 12.5. The molecule has 0 bridgehead atoms. The number of nitrogens with zero attached hydrogens (tertiary/aromatic N) is 2. The summed E-state index contributed by atoms with van der Waals surface area (Å²) in [7, 11) is 0. The lowest BCUT2D eigenvalue weighted by Crippen LogP contribution is -2.12. The molecule has 4 aromatic rings. The summed E-state index contributed by atoms with van der Waals surface area (Å²) in [6.45, 7) is 0.563. The lowest BCUT2D eigenvalue weighted by Gasteiger charge is -2.04. The Morgan fingerprint density at radius 1 is 0.969 bits per heavy atom. The SMILES string of the molecule is O=C(Nc1nn(Cc2ccc(Cl)c(Cl)c2)cc1Cl)c1ccc(COc2ccc(Cl)cc2)o1. The number of benzene rings is 2. The van der Waals surface area contributed by atoms with Gasteiger partial charge in [0.2, 0.25) is 0 Å². The van der Waals surface area contributed by atoms with E-state index in [-0.39, 0.29) is 23.2 Å². The minimum atomic E-state index is -0.482. The Hall–Kier alpha value is -2.64. The van der Waals surface area contributed by atoms with Crippen molar-refractivity contribution >= 4 is 58.1 Å². The first-order valence-corrected chi connectivity index (χ1v) is 10.8. The van der Waals surface area contributed by atoms with E-state index in [0.29, 0.717) is 33.1 Å². The Labute approximate surface area is 203 Å². The van der Waals surface area contributed by atoms with Crippen LogP contribution in [-0.2, 0) is 13.2 Å². The van der Waals surface area contributed by atoms with Crippen molar-refractivity contribution in [1.82, 2.24) is 9.78 Å². The standard InChI is InChI=1S/C22H15Cl4N3O3/c23-14-2-4-15(5-3-14)31-12-16-6-8-20(32-16)22(30)27-21-19(26)11-29(28-21)10-13-1-7-17(24)18(25)9-13/h1-9,11H,10,12H2,(H,27,28,30). The number of anilines is 1. The van der Waals surface area contributed by atoms with Crippen molar-refractivity contribution in [2.24, 2.45) is 0 Å². The molecule has 0 saturated heterocycles. The van der Waals surface area contributed by atoms with Crippen molar-refractivity contribution in [2.75, 3.05) is 5.32 Å². The summed E-state index contributed by atoms with van der Waals surface area (Å²) in [5, 5.41) is 8.78. The van der Waals surface area contributed by atoms with Crippen LogP contribution in [0.4, 0.5) is 5.82 Å². The van der Waals surface area contributed by atoms with E-state index in [1.54, 1.807) is 59.4 Å². The molecule has 1 N–H and O–H groups in total. The van der Waals surface area contributed by atoms with Gasteiger partial charge in [-0.1, -0.05) is 52.5 Å². The third kappa shape index (κ3) is 5.58. The maximum Gasteiger partial charge on any atom is 0.292 e. The van der Waals surface area contributed by atoms with Gasteiger partial charge in [-0.25, -0.2) is 0 Å². The van der Waals surface area contributed by atoms with E-state index >= 15 is 0 Å². The Bertz CT molecular complexity index is 1250. The summed E-state index contributed by atoms with van der Waals surface area (Å²) < 4.78 is 12.8. The van der Waals surface area contributed by atoms with Crippen molar-refractivity contribution in [3.05, 3.63) is 98.0 Å². The summed E-state index contributed by atoms with van der Waals surface area (Å²) in [6.07, 6.45) is 1.60. The molecular formula is C22H15Cl4N3O3. The molecule has 0 unspecified atom stereocenters. The van der Waals surface area contributed by atoms with Crippen LogP contribution in [0.5, 0.6) is 5.75 Å². The van der Waals surface area contributed by atoms with E-state index in [4.69, 9.17) is 55.6 Å². The summed E-state index contributed by atoms with van der Waals surface area (Å²) in [4.78, 5) is 12.5. The maximum atomic E-state index is 12.5. The van der Waals surface area contributed by atoms with Crippen molar-refractivity contribution in [3.63, 3.8) is 0 Å². The monoisotopic (exact) mass is 509 g/mol. The van der Waals surface area contributed by atoms with Crippen LogP contribution in [-0.4, -0.2) is 15.7 Å². The van der Waals surface area contributed by atoms with Gasteiger partial charge in [0.15, 0.2) is 11.6 Å². The average molecular weight is 511 g/mol. The van der Waals surface area contributed by atoms with Gasteiger partial charge < -0.3 is 14.5 Å². The summed E-state index contributed by atoms with van der Waals surface area (Å²) >= 11 is 24.1. The van der Waals surface area contributed by atoms with E-state index in [2.05, 4.69) is 10.4 Å². The summed E-state index contributed by atoms with van der Waals surface area (Å²) in [5.74, 6) is 0.962. The first-order valence-electron chi connectivity index (χ1n) is 9.33. The Morgan fingerprint density at radius 3 is 2.50 bits per heavy atom. The van der Waals surface area contributed by atoms with E-state index < -0.39 is 5.91 Å². The fraction of sp³-hybridized carbons (Fsp3) is 0.0909. The van der Waals surface area contributed by atoms with E-state index in [1.807, 2.05) is 6.07 Å². The van der Waals surface area contributed by atoms with E-state index in [1.165, 1.54) is 0 Å². The fourth-order valence-corrected chi connectivity index (χ4v) is 3.46. The van der Waals surface area contributed by atoms with E-state index in [9.17, 15) is 4.79 Å². The molecule has 6 nitrogen and oxygen atoms in total. The van der Waals surface area contributed by atoms with Crippen LogP contribution in [0, 0.1) is 0 Å². The molecule has 1 amide bonds. The van der Waals surface area contributed by atoms with Crippen molar-refractivity contribution in [2.45, 2.75) is 13.2 Å². The number of aromatic nitrogens is 2. The number of hydrogen-bond donors (Lipinski definition) is 1. The summed E-state index contributed by atoms with van der Waals surface area (Å²) in [5.41, 5.74) is 0.882. The number of rotatable bonds is 7. The highest BCUT2D eigenvalue weighted by molar-refractivity contribution is 6.42. The quantitative estimate of drug-likeness (QED) is 0.291. The van der Waals surface area contributed by atoms with E-state index in [0.717, 1.165) is 5.56 Å². The Balaban J connectivity index is 1.37. The highest BCUT2D eigenvalue weighted by atomic mass is 35.5. The van der Waals surface area contributed by atoms with Crippen molar-refractivity contribution < 1.29 is 13.9 Å². The molecule has 32 heavy (non-hydrogen) atoms. The van der Waals surface area contributed by atoms with Crippen LogP contribution in [0.3, 0.4) is 0 Å². The highest BCUT2D eigenvalue weighted by Gasteiger charge is 2.16. The lowest BCUT2D eigenvalue weighted by molar-refractivity contribution is 0.0992. The molecule has 4 rings (SSSR count). The molecule has 0 aliphatic rings. The highest BCUT2D eigenvalue weighted by Crippen LogP contribution is 2.25. The zero-order valence-electron chi connectivity index (χ0n) is 16.3. The number of ether oxygens (including phenoxy) is 1. The molecule has 0 atom stereocenters. The number of halogens is 4. The van der Waals surface area contributed by atoms with Gasteiger partial charge in [0.05, 0.1) is 16.6 Å².